The van der Waals surface area contributed by atoms with Crippen molar-refractivity contribution < 1.29 is 27.8 Å². The minimum absolute atomic E-state index is 0.103. The molecular weight excluding hydrogens is 445 g/mol. The number of alkyl halides is 3. The molecule has 7 nitrogen and oxygen atoms in total. The predicted octanol–water partition coefficient (Wildman–Crippen LogP) is 3.48. The lowest BCUT2D eigenvalue weighted by Crippen LogP contribution is -2.56. The van der Waals surface area contributed by atoms with E-state index < -0.39 is 35.6 Å². The Balaban J connectivity index is 2.34. The van der Waals surface area contributed by atoms with Gasteiger partial charge in [-0.3, -0.25) is 0 Å². The number of benzene rings is 1. The second kappa shape index (κ2) is 10.0. The summed E-state index contributed by atoms with van der Waals surface area (Å²) in [4.78, 5) is 13.2. The van der Waals surface area contributed by atoms with Gasteiger partial charge in [0.2, 0.25) is 0 Å². The molecule has 4 N–H and O–H groups in total. The molecule has 1 aromatic rings. The van der Waals surface area contributed by atoms with Crippen LogP contribution in [-0.4, -0.2) is 41.1 Å². The number of carboxylic acid groups (broad SMARTS) is 1. The highest BCUT2D eigenvalue weighted by Gasteiger charge is 2.44. The van der Waals surface area contributed by atoms with Gasteiger partial charge in [0.05, 0.1) is 12.0 Å². The fourth-order valence-corrected chi connectivity index (χ4v) is 3.52. The summed E-state index contributed by atoms with van der Waals surface area (Å²) in [6.45, 7) is 3.47. The molecule has 1 aromatic carbocycles. The number of anilines is 1. The van der Waals surface area contributed by atoms with Crippen molar-refractivity contribution in [2.24, 2.45) is 11.7 Å². The van der Waals surface area contributed by atoms with Crippen LogP contribution in [-0.2, 0) is 4.79 Å². The fraction of sp³-hybridized carbons (Fsp3) is 0.381. The molecule has 11 heteroatoms. The fourth-order valence-electron chi connectivity index (χ4n) is 3.06. The molecule has 0 saturated carbocycles. The molecule has 1 aliphatic carbocycles. The number of ether oxygens (including phenoxy) is 1. The van der Waals surface area contributed by atoms with Crippen LogP contribution in [0.3, 0.4) is 0 Å². The smallest absolute Gasteiger partial charge is 0.396 e. The topological polar surface area (TPSA) is 112 Å². The van der Waals surface area contributed by atoms with Crippen LogP contribution in [0.1, 0.15) is 20.3 Å². The van der Waals surface area contributed by atoms with Crippen molar-refractivity contribution in [2.45, 2.75) is 32.0 Å². The van der Waals surface area contributed by atoms with E-state index >= 15 is 0 Å². The monoisotopic (exact) mass is 468 g/mol. The van der Waals surface area contributed by atoms with Crippen molar-refractivity contribution in [1.29, 1.82) is 5.26 Å². The Kier molecular flexibility index (Phi) is 7.87. The van der Waals surface area contributed by atoms with E-state index in [1.165, 1.54) is 24.8 Å². The summed E-state index contributed by atoms with van der Waals surface area (Å²) in [5.74, 6) is -2.64. The average Bonchev–Trinajstić information content (AvgIpc) is 2.72. The van der Waals surface area contributed by atoms with Gasteiger partial charge in [0.1, 0.15) is 17.9 Å². The molecule has 0 heterocycles. The van der Waals surface area contributed by atoms with Gasteiger partial charge in [0.15, 0.2) is 5.11 Å². The molecule has 1 aliphatic rings. The molecule has 32 heavy (non-hydrogen) atoms. The van der Waals surface area contributed by atoms with Crippen molar-refractivity contribution in [1.82, 2.24) is 5.32 Å². The second-order valence-corrected chi connectivity index (χ2v) is 7.87. The quantitative estimate of drug-likeness (QED) is 0.522. The number of nitriles is 1. The maximum absolute atomic E-state index is 13.3. The van der Waals surface area contributed by atoms with Crippen LogP contribution >= 0.6 is 12.2 Å². The number of halogens is 3. The summed E-state index contributed by atoms with van der Waals surface area (Å²) < 4.78 is 45.5. The lowest BCUT2D eigenvalue weighted by molar-refractivity contribution is -0.163. The van der Waals surface area contributed by atoms with Crippen molar-refractivity contribution in [3.63, 3.8) is 0 Å². The first-order valence-electron chi connectivity index (χ1n) is 9.57. The highest BCUT2D eigenvalue weighted by molar-refractivity contribution is 7.80. The molecule has 0 saturated heterocycles. The predicted molar refractivity (Wildman–Crippen MR) is 117 cm³/mol. The third kappa shape index (κ3) is 5.77. The number of nitrogens with two attached hydrogens (primary N) is 1. The zero-order chi connectivity index (χ0) is 24.1. The van der Waals surface area contributed by atoms with Crippen LogP contribution in [0.2, 0.25) is 0 Å². The number of nitrogens with one attached hydrogen (secondary N) is 1. The maximum Gasteiger partial charge on any atom is 0.396 e. The number of allylic oxidation sites excluding steroid dienone is 4. The number of aliphatic carboxylic acids is 1. The van der Waals surface area contributed by atoms with Crippen molar-refractivity contribution >= 4 is 29.0 Å². The van der Waals surface area contributed by atoms with Crippen LogP contribution in [0, 0.1) is 17.2 Å². The SMILES string of the molecule is CC(C)(C(=O)O)N(C(=S)NC1=CC=C(C#N)C(C(F)(F)F)C1)c1ccc(OCCN)cc1. The van der Waals surface area contributed by atoms with Gasteiger partial charge in [-0.1, -0.05) is 0 Å². The number of carbonyl (C=O) groups is 1. The Bertz CT molecular complexity index is 966. The van der Waals surface area contributed by atoms with E-state index in [0.29, 0.717) is 24.6 Å². The van der Waals surface area contributed by atoms with Crippen molar-refractivity contribution in [3.8, 4) is 11.8 Å². The summed E-state index contributed by atoms with van der Waals surface area (Å²) in [5, 5.41) is 21.4. The second-order valence-electron chi connectivity index (χ2n) is 7.48. The molecule has 0 bridgehead atoms. The zero-order valence-corrected chi connectivity index (χ0v) is 18.3. The van der Waals surface area contributed by atoms with Crippen LogP contribution in [0.25, 0.3) is 0 Å². The van der Waals surface area contributed by atoms with E-state index in [-0.39, 0.29) is 10.8 Å². The Morgan fingerprint density at radius 3 is 2.47 bits per heavy atom. The summed E-state index contributed by atoms with van der Waals surface area (Å²) in [7, 11) is 0. The van der Waals surface area contributed by atoms with E-state index in [9.17, 15) is 23.1 Å². The largest absolute Gasteiger partial charge is 0.492 e. The molecule has 0 amide bonds. The molecule has 0 aromatic heterocycles. The van der Waals surface area contributed by atoms with Crippen LogP contribution in [0.5, 0.6) is 5.75 Å². The highest BCUT2D eigenvalue weighted by atomic mass is 32.1. The van der Waals surface area contributed by atoms with E-state index in [4.69, 9.17) is 28.0 Å². The van der Waals surface area contributed by atoms with E-state index in [2.05, 4.69) is 5.32 Å². The van der Waals surface area contributed by atoms with E-state index in [1.54, 1.807) is 30.3 Å². The summed E-state index contributed by atoms with van der Waals surface area (Å²) in [6, 6.07) is 7.97. The molecule has 0 radical (unpaired) electrons. The number of thiocarbonyl (C=S) groups is 1. The first-order valence-corrected chi connectivity index (χ1v) is 9.97. The van der Waals surface area contributed by atoms with E-state index in [1.807, 2.05) is 0 Å². The van der Waals surface area contributed by atoms with Crippen molar-refractivity contribution in [3.05, 3.63) is 47.7 Å². The highest BCUT2D eigenvalue weighted by Crippen LogP contribution is 2.38. The van der Waals surface area contributed by atoms with Crippen LogP contribution in [0.4, 0.5) is 18.9 Å². The molecule has 0 spiro atoms. The van der Waals surface area contributed by atoms with Gasteiger partial charge in [0, 0.05) is 29.9 Å². The van der Waals surface area contributed by atoms with Crippen molar-refractivity contribution in [2.75, 3.05) is 18.1 Å². The molecule has 0 aliphatic heterocycles. The Morgan fingerprint density at radius 1 is 1.34 bits per heavy atom. The summed E-state index contributed by atoms with van der Waals surface area (Å²) >= 11 is 5.39. The number of rotatable bonds is 7. The Hall–Kier alpha value is -3.10. The standard InChI is InChI=1S/C21H23F3N4O3S/c1-20(2,18(29)30)28(15-5-7-16(8-6-15)31-10-9-25)19(32)27-14-4-3-13(12-26)17(11-14)21(22,23)24/h3-8,17H,9-11,25H2,1-2H3,(H,27,32)(H,29,30). The zero-order valence-electron chi connectivity index (χ0n) is 17.4. The number of nitrogens with zero attached hydrogens (tertiary/aromatic N) is 2. The molecule has 172 valence electrons. The average molecular weight is 469 g/mol. The minimum Gasteiger partial charge on any atom is -0.492 e. The number of carboxylic acids is 1. The van der Waals surface area contributed by atoms with Crippen LogP contribution in [0.15, 0.2) is 47.7 Å². The molecule has 1 atom stereocenters. The van der Waals surface area contributed by atoms with Gasteiger partial charge < -0.3 is 25.8 Å². The van der Waals surface area contributed by atoms with Gasteiger partial charge in [-0.15, -0.1) is 0 Å². The number of hydrogen-bond acceptors (Lipinski definition) is 5. The van der Waals surface area contributed by atoms with Gasteiger partial charge in [-0.2, -0.15) is 18.4 Å². The minimum atomic E-state index is -4.61. The van der Waals surface area contributed by atoms with Gasteiger partial charge in [-0.05, 0) is 62.5 Å². The molecule has 0 fully saturated rings. The lowest BCUT2D eigenvalue weighted by Gasteiger charge is -2.38. The lowest BCUT2D eigenvalue weighted by atomic mass is 9.90. The third-order valence-electron chi connectivity index (χ3n) is 4.82. The molecular formula is C21H23F3N4O3S. The first kappa shape index (κ1) is 25.2. The van der Waals surface area contributed by atoms with E-state index in [0.717, 1.165) is 6.08 Å². The van der Waals surface area contributed by atoms with Gasteiger partial charge in [-0.25, -0.2) is 4.79 Å². The molecule has 1 unspecified atom stereocenters. The van der Waals surface area contributed by atoms with Gasteiger partial charge in [0.25, 0.3) is 0 Å². The summed E-state index contributed by atoms with van der Waals surface area (Å²) in [6.07, 6.45) is -2.70. The molecule has 2 rings (SSSR count). The number of hydrogen-bond donors (Lipinski definition) is 3. The Morgan fingerprint density at radius 2 is 1.97 bits per heavy atom. The van der Waals surface area contributed by atoms with Crippen LogP contribution < -0.4 is 20.7 Å². The first-order chi connectivity index (χ1) is 14.9. The van der Waals surface area contributed by atoms with Gasteiger partial charge >= 0.3 is 12.1 Å². The Labute approximate surface area is 188 Å². The summed E-state index contributed by atoms with van der Waals surface area (Å²) in [5.41, 5.74) is 3.99. The third-order valence-corrected chi connectivity index (χ3v) is 5.11. The normalized spacial score (nSPS) is 16.3. The maximum atomic E-state index is 13.3.